The predicted octanol–water partition coefficient (Wildman–Crippen LogP) is 3.53. The van der Waals surface area contributed by atoms with Gasteiger partial charge in [0.05, 0.1) is 13.0 Å². The second kappa shape index (κ2) is 8.99. The molecule has 1 aromatic carbocycles. The number of allylic oxidation sites excluding steroid dienone is 1. The summed E-state index contributed by atoms with van der Waals surface area (Å²) in [5, 5.41) is 0. The summed E-state index contributed by atoms with van der Waals surface area (Å²) in [4.78, 5) is 26.6. The lowest BCUT2D eigenvalue weighted by molar-refractivity contribution is -0.132. The normalized spacial score (nSPS) is 23.8. The number of nitrogens with zero attached hydrogens (tertiary/aromatic N) is 1. The largest absolute Gasteiger partial charge is 0.497 e. The van der Waals surface area contributed by atoms with Crippen molar-refractivity contribution in [1.82, 2.24) is 4.90 Å². The van der Waals surface area contributed by atoms with Crippen molar-refractivity contribution in [2.24, 2.45) is 5.92 Å². The minimum atomic E-state index is -0.311. The number of ether oxygens (including phenoxy) is 4. The van der Waals surface area contributed by atoms with Gasteiger partial charge in [-0.1, -0.05) is 0 Å². The molecule has 1 fully saturated rings. The highest BCUT2D eigenvalue weighted by molar-refractivity contribution is 5.96. The van der Waals surface area contributed by atoms with Gasteiger partial charge >= 0.3 is 6.09 Å². The van der Waals surface area contributed by atoms with Crippen molar-refractivity contribution >= 4 is 11.9 Å². The van der Waals surface area contributed by atoms with Crippen LogP contribution in [0.4, 0.5) is 4.79 Å². The number of carbonyl (C=O) groups excluding carboxylic acids is 2. The van der Waals surface area contributed by atoms with Gasteiger partial charge in [0.2, 0.25) is 11.5 Å². The van der Waals surface area contributed by atoms with Crippen molar-refractivity contribution in [3.8, 4) is 11.5 Å². The second-order valence-corrected chi connectivity index (χ2v) is 6.90. The molecule has 152 valence electrons. The molecule has 0 radical (unpaired) electrons. The van der Waals surface area contributed by atoms with E-state index in [1.54, 1.807) is 36.3 Å². The van der Waals surface area contributed by atoms with Crippen LogP contribution < -0.4 is 9.47 Å². The molecule has 1 heterocycles. The Morgan fingerprint density at radius 2 is 1.82 bits per heavy atom. The number of methoxy groups -OCH3 is 1. The van der Waals surface area contributed by atoms with Crippen molar-refractivity contribution in [2.45, 2.75) is 45.3 Å². The predicted molar refractivity (Wildman–Crippen MR) is 102 cm³/mol. The van der Waals surface area contributed by atoms with Crippen LogP contribution in [0.1, 0.15) is 33.1 Å². The Balaban J connectivity index is 1.59. The van der Waals surface area contributed by atoms with E-state index in [1.807, 2.05) is 13.8 Å². The van der Waals surface area contributed by atoms with Crippen LogP contribution in [0.3, 0.4) is 0 Å². The Morgan fingerprint density at radius 3 is 2.46 bits per heavy atom. The number of carbonyl (C=O) groups is 2. The summed E-state index contributed by atoms with van der Waals surface area (Å²) in [6.45, 7) is 5.05. The average Bonchev–Trinajstić information content (AvgIpc) is 2.71. The number of ketones is 1. The first-order valence-electron chi connectivity index (χ1n) is 9.73. The van der Waals surface area contributed by atoms with Gasteiger partial charge in [0, 0.05) is 19.5 Å². The van der Waals surface area contributed by atoms with Crippen LogP contribution in [0.15, 0.2) is 36.3 Å². The molecule has 0 aromatic heterocycles. The van der Waals surface area contributed by atoms with E-state index in [2.05, 4.69) is 0 Å². The molecule has 0 saturated heterocycles. The zero-order valence-corrected chi connectivity index (χ0v) is 16.6. The molecule has 2 aliphatic rings. The number of hydrogen-bond acceptors (Lipinski definition) is 6. The van der Waals surface area contributed by atoms with Gasteiger partial charge in [0.1, 0.15) is 30.0 Å². The summed E-state index contributed by atoms with van der Waals surface area (Å²) in [5.74, 6) is 1.11. The Labute approximate surface area is 165 Å². The molecule has 1 aliphatic heterocycles. The lowest BCUT2D eigenvalue weighted by Gasteiger charge is -2.37. The highest BCUT2D eigenvalue weighted by Crippen LogP contribution is 2.35. The Morgan fingerprint density at radius 1 is 1.14 bits per heavy atom. The summed E-state index contributed by atoms with van der Waals surface area (Å²) in [6.07, 6.45) is 2.29. The van der Waals surface area contributed by atoms with E-state index in [4.69, 9.17) is 18.9 Å². The van der Waals surface area contributed by atoms with Gasteiger partial charge in [-0.3, -0.25) is 4.79 Å². The van der Waals surface area contributed by atoms with Crippen molar-refractivity contribution in [3.63, 3.8) is 0 Å². The standard InChI is InChI=1S/C21H27NO6/c1-4-22(5-2)21(24)28-16-10-11-17-18(12-16)26-13-19(20(17)23)27-15-8-6-14(25-3)7-9-15/h6-9,13,16-18H,4-5,10-12H2,1-3H3. The maximum absolute atomic E-state index is 12.8. The van der Waals surface area contributed by atoms with Crippen molar-refractivity contribution in [3.05, 3.63) is 36.3 Å². The average molecular weight is 389 g/mol. The molecule has 0 spiro atoms. The van der Waals surface area contributed by atoms with Crippen LogP contribution in [0.2, 0.25) is 0 Å². The molecule has 3 unspecified atom stereocenters. The fraction of sp³-hybridized carbons (Fsp3) is 0.524. The SMILES string of the molecule is CCN(CC)C(=O)OC1CCC2C(=O)C(Oc3ccc(OC)cc3)=COC2C1. The third-order valence-electron chi connectivity index (χ3n) is 5.25. The van der Waals surface area contributed by atoms with Crippen molar-refractivity contribution in [2.75, 3.05) is 20.2 Å². The fourth-order valence-corrected chi connectivity index (χ4v) is 3.58. The highest BCUT2D eigenvalue weighted by atomic mass is 16.6. The van der Waals surface area contributed by atoms with E-state index in [0.717, 1.165) is 0 Å². The van der Waals surface area contributed by atoms with Gasteiger partial charge in [0.25, 0.3) is 0 Å². The first-order chi connectivity index (χ1) is 13.5. The number of amides is 1. The lowest BCUT2D eigenvalue weighted by atomic mass is 9.80. The molecule has 7 heteroatoms. The van der Waals surface area contributed by atoms with E-state index < -0.39 is 0 Å². The molecule has 28 heavy (non-hydrogen) atoms. The first kappa shape index (κ1) is 20.0. The Hall–Kier alpha value is -2.70. The Kier molecular flexibility index (Phi) is 6.44. The number of rotatable bonds is 6. The number of fused-ring (bicyclic) bond motifs is 1. The van der Waals surface area contributed by atoms with E-state index in [0.29, 0.717) is 43.9 Å². The maximum Gasteiger partial charge on any atom is 0.410 e. The van der Waals surface area contributed by atoms with Crippen LogP contribution >= 0.6 is 0 Å². The lowest BCUT2D eigenvalue weighted by Crippen LogP contribution is -2.44. The monoisotopic (exact) mass is 389 g/mol. The van der Waals surface area contributed by atoms with Gasteiger partial charge < -0.3 is 23.8 Å². The summed E-state index contributed by atoms with van der Waals surface area (Å²) in [6, 6.07) is 7.01. The van der Waals surface area contributed by atoms with Crippen LogP contribution in [0.5, 0.6) is 11.5 Å². The van der Waals surface area contributed by atoms with Gasteiger partial charge in [0.15, 0.2) is 0 Å². The highest BCUT2D eigenvalue weighted by Gasteiger charge is 2.42. The van der Waals surface area contributed by atoms with Crippen LogP contribution in [0, 0.1) is 5.92 Å². The summed E-state index contributed by atoms with van der Waals surface area (Å²) >= 11 is 0. The zero-order chi connectivity index (χ0) is 20.1. The zero-order valence-electron chi connectivity index (χ0n) is 16.6. The minimum Gasteiger partial charge on any atom is -0.497 e. The summed E-state index contributed by atoms with van der Waals surface area (Å²) in [7, 11) is 1.59. The molecular formula is C21H27NO6. The van der Waals surface area contributed by atoms with Crippen LogP contribution in [-0.4, -0.2) is 49.2 Å². The van der Waals surface area contributed by atoms with Crippen molar-refractivity contribution in [1.29, 1.82) is 0 Å². The molecule has 3 rings (SSSR count). The first-order valence-corrected chi connectivity index (χ1v) is 9.73. The molecule has 3 atom stereocenters. The van der Waals surface area contributed by atoms with Gasteiger partial charge in [-0.15, -0.1) is 0 Å². The minimum absolute atomic E-state index is 0.0689. The van der Waals surface area contributed by atoms with Gasteiger partial charge in [-0.2, -0.15) is 0 Å². The molecule has 1 aromatic rings. The molecule has 1 amide bonds. The van der Waals surface area contributed by atoms with E-state index in [-0.39, 0.29) is 35.8 Å². The third kappa shape index (κ3) is 4.40. The molecule has 1 saturated carbocycles. The molecule has 0 bridgehead atoms. The molecule has 1 aliphatic carbocycles. The molecule has 7 nitrogen and oxygen atoms in total. The van der Waals surface area contributed by atoms with Gasteiger partial charge in [-0.25, -0.2) is 4.79 Å². The van der Waals surface area contributed by atoms with E-state index >= 15 is 0 Å². The number of benzene rings is 1. The topological polar surface area (TPSA) is 74.3 Å². The van der Waals surface area contributed by atoms with Crippen molar-refractivity contribution < 1.29 is 28.5 Å². The quantitative estimate of drug-likeness (QED) is 0.741. The summed E-state index contributed by atoms with van der Waals surface area (Å²) < 4.78 is 22.2. The maximum atomic E-state index is 12.8. The van der Waals surface area contributed by atoms with E-state index in [9.17, 15) is 9.59 Å². The third-order valence-corrected chi connectivity index (χ3v) is 5.25. The van der Waals surface area contributed by atoms with Crippen LogP contribution in [0.25, 0.3) is 0 Å². The van der Waals surface area contributed by atoms with Gasteiger partial charge in [-0.05, 0) is 51.0 Å². The Bertz CT molecular complexity index is 725. The second-order valence-electron chi connectivity index (χ2n) is 6.90. The van der Waals surface area contributed by atoms with E-state index in [1.165, 1.54) is 6.26 Å². The fourth-order valence-electron chi connectivity index (χ4n) is 3.58. The molecular weight excluding hydrogens is 362 g/mol. The number of hydrogen-bond donors (Lipinski definition) is 0. The van der Waals surface area contributed by atoms with Crippen LogP contribution in [-0.2, 0) is 14.3 Å². The summed E-state index contributed by atoms with van der Waals surface area (Å²) in [5.41, 5.74) is 0. The number of Topliss-reactive ketones (excluding diaryl/α,β-unsaturated/α-hetero) is 1. The molecule has 0 N–H and O–H groups in total. The smallest absolute Gasteiger partial charge is 0.410 e.